The molecule has 1 saturated heterocycles. The van der Waals surface area contributed by atoms with Gasteiger partial charge in [-0.3, -0.25) is 14.7 Å². The van der Waals surface area contributed by atoms with Gasteiger partial charge in [-0.05, 0) is 37.5 Å². The molecule has 1 aromatic carbocycles. The molecule has 1 aromatic rings. The fraction of sp³-hybridized carbons (Fsp3) is 0.652. The molecule has 2 N–H and O–H groups in total. The Morgan fingerprint density at radius 1 is 1.03 bits per heavy atom. The lowest BCUT2D eigenvalue weighted by molar-refractivity contribution is -0.122. The molecule has 33 heavy (non-hydrogen) atoms. The Labute approximate surface area is 214 Å². The summed E-state index contributed by atoms with van der Waals surface area (Å²) < 4.78 is 16.4. The number of carbonyl (C=O) groups excluding carboxylic acids is 1. The van der Waals surface area contributed by atoms with Gasteiger partial charge in [0, 0.05) is 51.7 Å². The van der Waals surface area contributed by atoms with Crippen molar-refractivity contribution in [2.24, 2.45) is 10.9 Å². The lowest BCUT2D eigenvalue weighted by Gasteiger charge is -2.36. The monoisotopic (exact) mass is 575 g/mol. The molecule has 1 amide bonds. The molecule has 1 aliphatic heterocycles. The van der Waals surface area contributed by atoms with Crippen molar-refractivity contribution in [2.45, 2.75) is 26.3 Å². The standard InChI is InChI=1S/C23H37N5O4.HI/c1-5-24-23(26-9-8-25-22(29)18-6-7-18)28-12-10-27(11-13-28)16-17-14-19(30-2)21(32-4)20(15-17)31-3;/h14-15,18H,5-13,16H2,1-4H3,(H,24,26)(H,25,29);1H. The summed E-state index contributed by atoms with van der Waals surface area (Å²) >= 11 is 0. The molecule has 2 aliphatic rings. The third-order valence-electron chi connectivity index (χ3n) is 5.76. The van der Waals surface area contributed by atoms with Crippen LogP contribution in [0.5, 0.6) is 17.2 Å². The summed E-state index contributed by atoms with van der Waals surface area (Å²) in [7, 11) is 4.89. The van der Waals surface area contributed by atoms with E-state index in [1.165, 1.54) is 0 Å². The molecule has 0 bridgehead atoms. The van der Waals surface area contributed by atoms with Gasteiger partial charge in [0.2, 0.25) is 11.7 Å². The Balaban J connectivity index is 0.00000385. The average Bonchev–Trinajstić information content (AvgIpc) is 3.66. The number of halogens is 1. The van der Waals surface area contributed by atoms with Crippen LogP contribution in [-0.2, 0) is 11.3 Å². The Kier molecular flexibility index (Phi) is 11.3. The van der Waals surface area contributed by atoms with Gasteiger partial charge in [0.25, 0.3) is 0 Å². The van der Waals surface area contributed by atoms with E-state index in [1.54, 1.807) is 21.3 Å². The maximum absolute atomic E-state index is 11.8. The van der Waals surface area contributed by atoms with Crippen molar-refractivity contribution in [3.63, 3.8) is 0 Å². The van der Waals surface area contributed by atoms with E-state index in [1.807, 2.05) is 12.1 Å². The van der Waals surface area contributed by atoms with Crippen molar-refractivity contribution in [3.05, 3.63) is 17.7 Å². The van der Waals surface area contributed by atoms with E-state index in [4.69, 9.17) is 19.2 Å². The zero-order chi connectivity index (χ0) is 22.9. The summed E-state index contributed by atoms with van der Waals surface area (Å²) in [5.41, 5.74) is 1.12. The maximum atomic E-state index is 11.8. The number of piperazine rings is 1. The second-order valence-electron chi connectivity index (χ2n) is 8.10. The fourth-order valence-corrected chi connectivity index (χ4v) is 3.86. The summed E-state index contributed by atoms with van der Waals surface area (Å²) in [5.74, 6) is 3.30. The lowest BCUT2D eigenvalue weighted by Crippen LogP contribution is -2.52. The van der Waals surface area contributed by atoms with Gasteiger partial charge in [0.15, 0.2) is 17.5 Å². The van der Waals surface area contributed by atoms with E-state index < -0.39 is 0 Å². The zero-order valence-corrected chi connectivity index (χ0v) is 22.5. The van der Waals surface area contributed by atoms with Gasteiger partial charge in [-0.25, -0.2) is 0 Å². The van der Waals surface area contributed by atoms with Crippen LogP contribution >= 0.6 is 24.0 Å². The minimum Gasteiger partial charge on any atom is -0.493 e. The summed E-state index contributed by atoms with van der Waals surface area (Å²) in [6.07, 6.45) is 2.05. The second kappa shape index (κ2) is 13.7. The average molecular weight is 575 g/mol. The normalized spacial score (nSPS) is 16.6. The van der Waals surface area contributed by atoms with E-state index in [0.717, 1.165) is 63.6 Å². The van der Waals surface area contributed by atoms with Crippen LogP contribution in [0.3, 0.4) is 0 Å². The minimum atomic E-state index is 0. The molecule has 1 heterocycles. The van der Waals surface area contributed by atoms with Crippen molar-refractivity contribution in [2.75, 3.05) is 67.1 Å². The molecule has 0 unspecified atom stereocenters. The maximum Gasteiger partial charge on any atom is 0.223 e. The Hall–Kier alpha value is -1.95. The van der Waals surface area contributed by atoms with E-state index in [0.29, 0.717) is 30.3 Å². The van der Waals surface area contributed by atoms with Crippen LogP contribution in [-0.4, -0.2) is 88.8 Å². The molecule has 1 saturated carbocycles. The SMILES string of the molecule is CCNC(=NCCNC(=O)C1CC1)N1CCN(Cc2cc(OC)c(OC)c(OC)c2)CC1.I. The van der Waals surface area contributed by atoms with Gasteiger partial charge in [0.1, 0.15) is 0 Å². The number of guanidine groups is 1. The molecule has 0 spiro atoms. The first-order chi connectivity index (χ1) is 15.6. The second-order valence-corrected chi connectivity index (χ2v) is 8.10. The first-order valence-electron chi connectivity index (χ1n) is 11.4. The van der Waals surface area contributed by atoms with Crippen LogP contribution in [0.4, 0.5) is 0 Å². The summed E-state index contributed by atoms with van der Waals surface area (Å²) in [6, 6.07) is 4.02. The van der Waals surface area contributed by atoms with Crippen LogP contribution in [0.1, 0.15) is 25.3 Å². The Morgan fingerprint density at radius 2 is 1.67 bits per heavy atom. The van der Waals surface area contributed by atoms with Gasteiger partial charge in [-0.2, -0.15) is 0 Å². The molecule has 2 fully saturated rings. The molecule has 0 radical (unpaired) electrons. The smallest absolute Gasteiger partial charge is 0.223 e. The first-order valence-corrected chi connectivity index (χ1v) is 11.4. The Bertz CT molecular complexity index is 770. The van der Waals surface area contributed by atoms with E-state index in [-0.39, 0.29) is 35.8 Å². The molecule has 3 rings (SSSR count). The fourth-order valence-electron chi connectivity index (χ4n) is 3.86. The predicted octanol–water partition coefficient (Wildman–Crippen LogP) is 1.94. The highest BCUT2D eigenvalue weighted by molar-refractivity contribution is 14.0. The quantitative estimate of drug-likeness (QED) is 0.191. The third kappa shape index (κ3) is 7.80. The molecule has 186 valence electrons. The van der Waals surface area contributed by atoms with Crippen molar-refractivity contribution in [3.8, 4) is 17.2 Å². The number of ether oxygens (including phenoxy) is 3. The Morgan fingerprint density at radius 3 is 2.18 bits per heavy atom. The van der Waals surface area contributed by atoms with E-state index >= 15 is 0 Å². The number of amides is 1. The molecule has 9 nitrogen and oxygen atoms in total. The van der Waals surface area contributed by atoms with Crippen LogP contribution in [0.2, 0.25) is 0 Å². The number of rotatable bonds is 10. The number of benzene rings is 1. The number of methoxy groups -OCH3 is 3. The van der Waals surface area contributed by atoms with Gasteiger partial charge < -0.3 is 29.7 Å². The van der Waals surface area contributed by atoms with Gasteiger partial charge in [0.05, 0.1) is 27.9 Å². The number of nitrogens with zero attached hydrogens (tertiary/aromatic N) is 3. The molecule has 0 aromatic heterocycles. The molecule has 0 atom stereocenters. The van der Waals surface area contributed by atoms with Crippen LogP contribution in [0.15, 0.2) is 17.1 Å². The van der Waals surface area contributed by atoms with Gasteiger partial charge in [-0.15, -0.1) is 24.0 Å². The lowest BCUT2D eigenvalue weighted by atomic mass is 10.1. The zero-order valence-electron chi connectivity index (χ0n) is 20.2. The molecule has 10 heteroatoms. The minimum absolute atomic E-state index is 0. The topological polar surface area (TPSA) is 87.7 Å². The summed E-state index contributed by atoms with van der Waals surface area (Å²) in [4.78, 5) is 21.2. The molecular formula is C23H38IN5O4. The number of carbonyl (C=O) groups is 1. The summed E-state index contributed by atoms with van der Waals surface area (Å²) in [5, 5.41) is 6.36. The first kappa shape index (κ1) is 27.3. The highest BCUT2D eigenvalue weighted by Gasteiger charge is 2.29. The van der Waals surface area contributed by atoms with Gasteiger partial charge >= 0.3 is 0 Å². The van der Waals surface area contributed by atoms with Gasteiger partial charge in [-0.1, -0.05) is 0 Å². The van der Waals surface area contributed by atoms with Crippen LogP contribution < -0.4 is 24.8 Å². The van der Waals surface area contributed by atoms with E-state index in [9.17, 15) is 4.79 Å². The number of nitrogens with one attached hydrogen (secondary N) is 2. The third-order valence-corrected chi connectivity index (χ3v) is 5.76. The summed E-state index contributed by atoms with van der Waals surface area (Å²) in [6.45, 7) is 8.53. The van der Waals surface area contributed by atoms with Crippen molar-refractivity contribution < 1.29 is 19.0 Å². The van der Waals surface area contributed by atoms with Crippen molar-refractivity contribution in [1.82, 2.24) is 20.4 Å². The largest absolute Gasteiger partial charge is 0.493 e. The molecule has 1 aliphatic carbocycles. The highest BCUT2D eigenvalue weighted by atomic mass is 127. The van der Waals surface area contributed by atoms with E-state index in [2.05, 4.69) is 27.4 Å². The van der Waals surface area contributed by atoms with Crippen LogP contribution in [0.25, 0.3) is 0 Å². The number of hydrogen-bond donors (Lipinski definition) is 2. The van der Waals surface area contributed by atoms with Crippen molar-refractivity contribution >= 4 is 35.8 Å². The predicted molar refractivity (Wildman–Crippen MR) is 140 cm³/mol. The number of aliphatic imine (C=N–C) groups is 1. The van der Waals surface area contributed by atoms with Crippen molar-refractivity contribution in [1.29, 1.82) is 0 Å². The van der Waals surface area contributed by atoms with Crippen LogP contribution in [0, 0.1) is 5.92 Å². The number of hydrogen-bond acceptors (Lipinski definition) is 6. The molecular weight excluding hydrogens is 537 g/mol. The highest BCUT2D eigenvalue weighted by Crippen LogP contribution is 2.38.